The van der Waals surface area contributed by atoms with Gasteiger partial charge in [-0.15, -0.1) is 0 Å². The van der Waals surface area contributed by atoms with E-state index in [0.29, 0.717) is 17.9 Å². The Morgan fingerprint density at radius 2 is 1.59 bits per heavy atom. The van der Waals surface area contributed by atoms with Crippen molar-refractivity contribution < 1.29 is 4.79 Å². The van der Waals surface area contributed by atoms with Gasteiger partial charge in [0.05, 0.1) is 16.7 Å². The molecule has 2 aromatic carbocycles. The lowest BCUT2D eigenvalue weighted by molar-refractivity contribution is 0.0945. The average Bonchev–Trinajstić information content (AvgIpc) is 2.77. The zero-order valence-corrected chi connectivity index (χ0v) is 16.8. The Kier molecular flexibility index (Phi) is 6.00. The molecule has 6 nitrogen and oxygen atoms in total. The summed E-state index contributed by atoms with van der Waals surface area (Å²) >= 11 is 0. The van der Waals surface area contributed by atoms with E-state index in [9.17, 15) is 4.79 Å². The van der Waals surface area contributed by atoms with Gasteiger partial charge < -0.3 is 10.2 Å². The fraction of sp³-hybridized carbons (Fsp3) is 0.348. The smallest absolute Gasteiger partial charge is 0.271 e. The first-order valence-corrected chi connectivity index (χ1v) is 10.2. The van der Waals surface area contributed by atoms with Gasteiger partial charge in [-0.05, 0) is 44.2 Å². The van der Waals surface area contributed by atoms with Gasteiger partial charge in [0.2, 0.25) is 0 Å². The number of aryl methyl sites for hydroxylation is 1. The predicted octanol–water partition coefficient (Wildman–Crippen LogP) is 2.88. The lowest BCUT2D eigenvalue weighted by atomic mass is 10.2. The molecule has 3 aromatic rings. The van der Waals surface area contributed by atoms with Gasteiger partial charge in [-0.2, -0.15) is 0 Å². The summed E-state index contributed by atoms with van der Waals surface area (Å²) in [6, 6.07) is 18.2. The summed E-state index contributed by atoms with van der Waals surface area (Å²) in [6.45, 7) is 7.66. The van der Waals surface area contributed by atoms with Crippen molar-refractivity contribution in [2.75, 3.05) is 44.2 Å². The molecule has 0 atom stereocenters. The van der Waals surface area contributed by atoms with E-state index in [-0.39, 0.29) is 5.91 Å². The lowest BCUT2D eigenvalue weighted by Gasteiger charge is -2.36. The number of rotatable bonds is 6. The van der Waals surface area contributed by atoms with E-state index in [0.717, 1.165) is 50.2 Å². The van der Waals surface area contributed by atoms with Gasteiger partial charge in [0, 0.05) is 38.4 Å². The molecular weight excluding hydrogens is 362 g/mol. The van der Waals surface area contributed by atoms with Gasteiger partial charge in [0.15, 0.2) is 0 Å². The number of hydrogen-bond donors (Lipinski definition) is 1. The van der Waals surface area contributed by atoms with E-state index in [2.05, 4.69) is 55.4 Å². The second-order valence-electron chi connectivity index (χ2n) is 7.42. The molecular formula is C23H27N5O. The van der Waals surface area contributed by atoms with Crippen LogP contribution in [-0.4, -0.2) is 60.0 Å². The van der Waals surface area contributed by atoms with Crippen LogP contribution in [0.15, 0.2) is 54.6 Å². The number of hydrogen-bond acceptors (Lipinski definition) is 5. The lowest BCUT2D eigenvalue weighted by Crippen LogP contribution is -2.47. The maximum Gasteiger partial charge on any atom is 0.271 e. The standard InChI is InChI=1S/C23H27N5O/c1-18-22(26-21-11-6-5-10-20(21)25-18)23(29)24-12-7-13-27-14-16-28(17-15-27)19-8-3-2-4-9-19/h2-6,8-11H,7,12-17H2,1H3,(H,24,29). The molecule has 1 fully saturated rings. The number of para-hydroxylation sites is 3. The second-order valence-corrected chi connectivity index (χ2v) is 7.42. The molecule has 150 valence electrons. The van der Waals surface area contributed by atoms with Gasteiger partial charge in [-0.25, -0.2) is 9.97 Å². The molecule has 2 heterocycles. The summed E-state index contributed by atoms with van der Waals surface area (Å²) < 4.78 is 0. The van der Waals surface area contributed by atoms with Crippen LogP contribution >= 0.6 is 0 Å². The molecule has 0 unspecified atom stereocenters. The van der Waals surface area contributed by atoms with Gasteiger partial charge in [0.25, 0.3) is 5.91 Å². The second kappa shape index (κ2) is 9.01. The zero-order chi connectivity index (χ0) is 20.1. The molecule has 1 aliphatic heterocycles. The van der Waals surface area contributed by atoms with Gasteiger partial charge in [0.1, 0.15) is 5.69 Å². The Balaban J connectivity index is 1.22. The molecule has 6 heteroatoms. The molecule has 29 heavy (non-hydrogen) atoms. The highest BCUT2D eigenvalue weighted by atomic mass is 16.1. The van der Waals surface area contributed by atoms with Crippen LogP contribution in [0.25, 0.3) is 11.0 Å². The third-order valence-corrected chi connectivity index (χ3v) is 5.39. The molecule has 1 N–H and O–H groups in total. The number of piperazine rings is 1. The third-order valence-electron chi connectivity index (χ3n) is 5.39. The number of anilines is 1. The predicted molar refractivity (Wildman–Crippen MR) is 116 cm³/mol. The topological polar surface area (TPSA) is 61.4 Å². The fourth-order valence-corrected chi connectivity index (χ4v) is 3.76. The molecule has 0 aliphatic carbocycles. The zero-order valence-electron chi connectivity index (χ0n) is 16.8. The van der Waals surface area contributed by atoms with Crippen LogP contribution in [0, 0.1) is 6.92 Å². The van der Waals surface area contributed by atoms with Crippen LogP contribution in [0.3, 0.4) is 0 Å². The van der Waals surface area contributed by atoms with Crippen LogP contribution in [0.1, 0.15) is 22.6 Å². The van der Waals surface area contributed by atoms with Crippen molar-refractivity contribution in [2.24, 2.45) is 0 Å². The molecule has 0 radical (unpaired) electrons. The van der Waals surface area contributed by atoms with Crippen LogP contribution in [0.5, 0.6) is 0 Å². The Bertz CT molecular complexity index is 967. The first-order valence-electron chi connectivity index (χ1n) is 10.2. The summed E-state index contributed by atoms with van der Waals surface area (Å²) in [5.41, 5.74) is 3.94. The van der Waals surface area contributed by atoms with Crippen LogP contribution in [-0.2, 0) is 0 Å². The minimum Gasteiger partial charge on any atom is -0.369 e. The average molecular weight is 390 g/mol. The molecule has 0 saturated carbocycles. The largest absolute Gasteiger partial charge is 0.369 e. The minimum absolute atomic E-state index is 0.144. The first-order chi connectivity index (χ1) is 14.2. The fourth-order valence-electron chi connectivity index (χ4n) is 3.76. The van der Waals surface area contributed by atoms with E-state index >= 15 is 0 Å². The minimum atomic E-state index is -0.144. The first kappa shape index (κ1) is 19.3. The Morgan fingerprint density at radius 3 is 2.31 bits per heavy atom. The number of carbonyl (C=O) groups excluding carboxylic acids is 1. The highest BCUT2D eigenvalue weighted by Crippen LogP contribution is 2.15. The van der Waals surface area contributed by atoms with Crippen molar-refractivity contribution in [1.82, 2.24) is 20.2 Å². The summed E-state index contributed by atoms with van der Waals surface area (Å²) in [7, 11) is 0. The molecule has 1 amide bonds. The van der Waals surface area contributed by atoms with Gasteiger partial charge >= 0.3 is 0 Å². The Hall–Kier alpha value is -2.99. The Morgan fingerprint density at radius 1 is 0.931 bits per heavy atom. The number of amides is 1. The van der Waals surface area contributed by atoms with E-state index in [1.165, 1.54) is 5.69 Å². The number of fused-ring (bicyclic) bond motifs is 1. The van der Waals surface area contributed by atoms with Crippen molar-refractivity contribution in [3.05, 3.63) is 66.0 Å². The SMILES string of the molecule is Cc1nc2ccccc2nc1C(=O)NCCCN1CCN(c2ccccc2)CC1. The van der Waals surface area contributed by atoms with Crippen LogP contribution < -0.4 is 10.2 Å². The van der Waals surface area contributed by atoms with E-state index in [1.54, 1.807) is 0 Å². The number of nitrogens with one attached hydrogen (secondary N) is 1. The van der Waals surface area contributed by atoms with Crippen molar-refractivity contribution in [3.63, 3.8) is 0 Å². The van der Waals surface area contributed by atoms with Crippen LogP contribution in [0.4, 0.5) is 5.69 Å². The Labute approximate surface area is 171 Å². The summed E-state index contributed by atoms with van der Waals surface area (Å²) in [5.74, 6) is -0.144. The molecule has 0 spiro atoms. The van der Waals surface area contributed by atoms with Crippen molar-refractivity contribution in [1.29, 1.82) is 0 Å². The summed E-state index contributed by atoms with van der Waals surface area (Å²) in [5, 5.41) is 3.00. The number of benzene rings is 2. The molecule has 4 rings (SSSR count). The maximum absolute atomic E-state index is 12.5. The quantitative estimate of drug-likeness (QED) is 0.657. The highest BCUT2D eigenvalue weighted by Gasteiger charge is 2.17. The number of carbonyl (C=O) groups is 1. The normalized spacial score (nSPS) is 14.9. The van der Waals surface area contributed by atoms with Crippen molar-refractivity contribution >= 4 is 22.6 Å². The summed E-state index contributed by atoms with van der Waals surface area (Å²) in [4.78, 5) is 26.4. The third kappa shape index (κ3) is 4.71. The van der Waals surface area contributed by atoms with Gasteiger partial charge in [-0.1, -0.05) is 30.3 Å². The summed E-state index contributed by atoms with van der Waals surface area (Å²) in [6.07, 6.45) is 0.928. The van der Waals surface area contributed by atoms with Crippen molar-refractivity contribution in [3.8, 4) is 0 Å². The van der Waals surface area contributed by atoms with E-state index in [1.807, 2.05) is 31.2 Å². The number of nitrogens with zero attached hydrogens (tertiary/aromatic N) is 4. The van der Waals surface area contributed by atoms with E-state index in [4.69, 9.17) is 0 Å². The molecule has 1 aliphatic rings. The molecule has 1 aromatic heterocycles. The van der Waals surface area contributed by atoms with Gasteiger partial charge in [-0.3, -0.25) is 9.69 Å². The monoisotopic (exact) mass is 389 g/mol. The van der Waals surface area contributed by atoms with Crippen molar-refractivity contribution in [2.45, 2.75) is 13.3 Å². The number of aromatic nitrogens is 2. The molecule has 1 saturated heterocycles. The van der Waals surface area contributed by atoms with Crippen LogP contribution in [0.2, 0.25) is 0 Å². The molecule has 0 bridgehead atoms. The highest BCUT2D eigenvalue weighted by molar-refractivity contribution is 5.95. The van der Waals surface area contributed by atoms with E-state index < -0.39 is 0 Å². The maximum atomic E-state index is 12.5.